The van der Waals surface area contributed by atoms with Crippen molar-refractivity contribution in [2.75, 3.05) is 18.1 Å². The Hall–Kier alpha value is -0.990. The van der Waals surface area contributed by atoms with Crippen LogP contribution in [-0.4, -0.2) is 36.4 Å². The molecule has 110 valence electrons. The van der Waals surface area contributed by atoms with Crippen molar-refractivity contribution in [1.82, 2.24) is 9.29 Å². The maximum atomic E-state index is 11.9. The highest BCUT2D eigenvalue weighted by Crippen LogP contribution is 2.31. The quantitative estimate of drug-likeness (QED) is 0.909. The number of sulfonamides is 1. The van der Waals surface area contributed by atoms with Crippen molar-refractivity contribution in [1.29, 1.82) is 0 Å². The normalized spacial score (nSPS) is 20.2. The number of thiazole rings is 1. The highest BCUT2D eigenvalue weighted by atomic mass is 32.2. The molecule has 2 heterocycles. The Labute approximate surface area is 122 Å². The Morgan fingerprint density at radius 1 is 1.45 bits per heavy atom. The van der Waals surface area contributed by atoms with Crippen molar-refractivity contribution in [2.45, 2.75) is 32.2 Å². The number of anilines is 1. The van der Waals surface area contributed by atoms with Crippen LogP contribution >= 0.6 is 11.3 Å². The third-order valence-electron chi connectivity index (χ3n) is 3.87. The zero-order chi connectivity index (χ0) is 14.3. The fourth-order valence-corrected chi connectivity index (χ4v) is 4.28. The molecule has 1 N–H and O–H groups in total. The molecule has 0 spiro atoms. The van der Waals surface area contributed by atoms with E-state index in [0.717, 1.165) is 29.8 Å². The minimum Gasteiger partial charge on any atom is -0.302 e. The molecule has 1 fully saturated rings. The van der Waals surface area contributed by atoms with Gasteiger partial charge in [-0.3, -0.25) is 4.79 Å². The molecule has 0 saturated heterocycles. The van der Waals surface area contributed by atoms with Gasteiger partial charge in [0.1, 0.15) is 0 Å². The number of rotatable bonds is 3. The van der Waals surface area contributed by atoms with Gasteiger partial charge in [-0.25, -0.2) is 13.4 Å². The summed E-state index contributed by atoms with van der Waals surface area (Å²) >= 11 is 1.39. The molecule has 0 unspecified atom stereocenters. The number of aromatic nitrogens is 1. The second-order valence-corrected chi connectivity index (χ2v) is 8.42. The number of amides is 1. The van der Waals surface area contributed by atoms with E-state index in [0.29, 0.717) is 24.6 Å². The summed E-state index contributed by atoms with van der Waals surface area (Å²) in [6.45, 7) is 0.830. The van der Waals surface area contributed by atoms with Crippen LogP contribution < -0.4 is 5.32 Å². The summed E-state index contributed by atoms with van der Waals surface area (Å²) in [4.78, 5) is 17.2. The molecule has 1 aromatic heterocycles. The summed E-state index contributed by atoms with van der Waals surface area (Å²) in [5, 5.41) is 3.45. The first-order chi connectivity index (χ1) is 9.43. The molecule has 0 radical (unpaired) electrons. The van der Waals surface area contributed by atoms with E-state index in [4.69, 9.17) is 0 Å². The maximum Gasteiger partial charge on any atom is 0.229 e. The van der Waals surface area contributed by atoms with Gasteiger partial charge in [0, 0.05) is 30.3 Å². The Bertz CT molecular complexity index is 634. The molecule has 20 heavy (non-hydrogen) atoms. The van der Waals surface area contributed by atoms with E-state index < -0.39 is 10.0 Å². The molecule has 6 nitrogen and oxygen atoms in total. The molecular formula is C12H17N3O3S2. The van der Waals surface area contributed by atoms with Gasteiger partial charge in [0.2, 0.25) is 15.9 Å². The molecule has 1 amide bonds. The van der Waals surface area contributed by atoms with Crippen LogP contribution in [0.5, 0.6) is 0 Å². The lowest BCUT2D eigenvalue weighted by Gasteiger charge is -2.23. The standard InChI is InChI=1S/C12H17N3O3S2/c1-20(17,18)15-6-5-9-10(7-15)19-12(13-9)14-11(16)8-3-2-4-8/h8H,2-7H2,1H3,(H,13,14,16). The minimum absolute atomic E-state index is 0.0438. The largest absolute Gasteiger partial charge is 0.302 e. The van der Waals surface area contributed by atoms with Crippen LogP contribution in [0, 0.1) is 5.92 Å². The van der Waals surface area contributed by atoms with E-state index in [1.54, 1.807) is 0 Å². The average Bonchev–Trinajstić information content (AvgIpc) is 2.65. The molecule has 0 bridgehead atoms. The number of carbonyl (C=O) groups is 1. The third kappa shape index (κ3) is 2.72. The monoisotopic (exact) mass is 315 g/mol. The minimum atomic E-state index is -3.17. The topological polar surface area (TPSA) is 79.4 Å². The summed E-state index contributed by atoms with van der Waals surface area (Å²) in [5.41, 5.74) is 0.916. The molecular weight excluding hydrogens is 298 g/mol. The van der Waals surface area contributed by atoms with Crippen LogP contribution in [0.4, 0.5) is 5.13 Å². The second kappa shape index (κ2) is 5.09. The Morgan fingerprint density at radius 2 is 2.20 bits per heavy atom. The van der Waals surface area contributed by atoms with Crippen LogP contribution in [-0.2, 0) is 27.8 Å². The number of carbonyl (C=O) groups excluding carboxylic acids is 1. The van der Waals surface area contributed by atoms with E-state index in [9.17, 15) is 13.2 Å². The Balaban J connectivity index is 1.71. The van der Waals surface area contributed by atoms with E-state index in [2.05, 4.69) is 10.3 Å². The highest BCUT2D eigenvalue weighted by Gasteiger charge is 2.28. The number of hydrogen-bond acceptors (Lipinski definition) is 5. The van der Waals surface area contributed by atoms with E-state index in [-0.39, 0.29) is 11.8 Å². The van der Waals surface area contributed by atoms with Gasteiger partial charge in [-0.05, 0) is 12.8 Å². The van der Waals surface area contributed by atoms with Gasteiger partial charge in [-0.1, -0.05) is 6.42 Å². The van der Waals surface area contributed by atoms with Crippen LogP contribution in [0.3, 0.4) is 0 Å². The fourth-order valence-electron chi connectivity index (χ4n) is 2.39. The Morgan fingerprint density at radius 3 is 2.80 bits per heavy atom. The molecule has 1 saturated carbocycles. The van der Waals surface area contributed by atoms with Crippen LogP contribution in [0.1, 0.15) is 29.8 Å². The molecule has 1 aliphatic heterocycles. The molecule has 1 aliphatic carbocycles. The Kier molecular flexibility index (Phi) is 3.55. The van der Waals surface area contributed by atoms with Gasteiger partial charge >= 0.3 is 0 Å². The molecule has 0 atom stereocenters. The molecule has 0 aromatic carbocycles. The zero-order valence-electron chi connectivity index (χ0n) is 11.3. The lowest BCUT2D eigenvalue weighted by Crippen LogP contribution is -2.34. The van der Waals surface area contributed by atoms with E-state index >= 15 is 0 Å². The van der Waals surface area contributed by atoms with Gasteiger partial charge in [-0.15, -0.1) is 11.3 Å². The molecule has 1 aromatic rings. The van der Waals surface area contributed by atoms with Crippen LogP contribution in [0.25, 0.3) is 0 Å². The summed E-state index contributed by atoms with van der Waals surface area (Å²) < 4.78 is 24.6. The number of fused-ring (bicyclic) bond motifs is 1. The van der Waals surface area contributed by atoms with Gasteiger partial charge in [0.05, 0.1) is 11.9 Å². The lowest BCUT2D eigenvalue weighted by molar-refractivity contribution is -0.122. The summed E-state index contributed by atoms with van der Waals surface area (Å²) in [6, 6.07) is 0. The predicted molar refractivity (Wildman–Crippen MR) is 77.0 cm³/mol. The maximum absolute atomic E-state index is 11.9. The summed E-state index contributed by atoms with van der Waals surface area (Å²) in [6.07, 6.45) is 4.86. The van der Waals surface area contributed by atoms with Gasteiger partial charge in [-0.2, -0.15) is 4.31 Å². The third-order valence-corrected chi connectivity index (χ3v) is 6.12. The molecule has 8 heteroatoms. The van der Waals surface area contributed by atoms with E-state index in [1.807, 2.05) is 0 Å². The van der Waals surface area contributed by atoms with Crippen molar-refractivity contribution >= 4 is 32.4 Å². The molecule has 2 aliphatic rings. The predicted octanol–water partition coefficient (Wildman–Crippen LogP) is 1.20. The number of nitrogens with one attached hydrogen (secondary N) is 1. The first kappa shape index (κ1) is 14.0. The van der Waals surface area contributed by atoms with Crippen molar-refractivity contribution in [3.05, 3.63) is 10.6 Å². The van der Waals surface area contributed by atoms with Gasteiger partial charge in [0.15, 0.2) is 5.13 Å². The fraction of sp³-hybridized carbons (Fsp3) is 0.667. The second-order valence-electron chi connectivity index (χ2n) is 5.35. The number of hydrogen-bond donors (Lipinski definition) is 1. The first-order valence-corrected chi connectivity index (χ1v) is 9.34. The first-order valence-electron chi connectivity index (χ1n) is 6.68. The molecule has 3 rings (SSSR count). The summed E-state index contributed by atoms with van der Waals surface area (Å²) in [7, 11) is -3.17. The highest BCUT2D eigenvalue weighted by molar-refractivity contribution is 7.88. The average molecular weight is 315 g/mol. The van der Waals surface area contributed by atoms with Gasteiger partial charge in [0.25, 0.3) is 0 Å². The van der Waals surface area contributed by atoms with E-state index in [1.165, 1.54) is 21.9 Å². The SMILES string of the molecule is CS(=O)(=O)N1CCc2nc(NC(=O)C3CCC3)sc2C1. The van der Waals surface area contributed by atoms with Crippen molar-refractivity contribution in [2.24, 2.45) is 5.92 Å². The smallest absolute Gasteiger partial charge is 0.229 e. The lowest BCUT2D eigenvalue weighted by atomic mass is 9.85. The number of nitrogens with zero attached hydrogens (tertiary/aromatic N) is 2. The zero-order valence-corrected chi connectivity index (χ0v) is 12.9. The van der Waals surface area contributed by atoms with Crippen molar-refractivity contribution in [3.63, 3.8) is 0 Å². The van der Waals surface area contributed by atoms with Crippen molar-refractivity contribution < 1.29 is 13.2 Å². The summed E-state index contributed by atoms with van der Waals surface area (Å²) in [5.74, 6) is 0.172. The van der Waals surface area contributed by atoms with Crippen LogP contribution in [0.2, 0.25) is 0 Å². The van der Waals surface area contributed by atoms with Crippen LogP contribution in [0.15, 0.2) is 0 Å². The van der Waals surface area contributed by atoms with Gasteiger partial charge < -0.3 is 5.32 Å². The van der Waals surface area contributed by atoms with Crippen molar-refractivity contribution in [3.8, 4) is 0 Å².